The van der Waals surface area contributed by atoms with Gasteiger partial charge in [0.05, 0.1) is 19.2 Å². The van der Waals surface area contributed by atoms with E-state index in [0.29, 0.717) is 0 Å². The normalized spacial score (nSPS) is 15.9. The third-order valence-electron chi connectivity index (χ3n) is 3.89. The minimum atomic E-state index is -4.61. The molecule has 0 aliphatic carbocycles. The molecule has 2 heterocycles. The van der Waals surface area contributed by atoms with Crippen molar-refractivity contribution in [2.45, 2.75) is 12.7 Å². The smallest absolute Gasteiger partial charge is 0.416 e. The Kier molecular flexibility index (Phi) is 4.95. The number of methoxy groups -OCH3 is 1. The molecule has 10 heteroatoms. The second-order valence-electron chi connectivity index (χ2n) is 5.72. The van der Waals surface area contributed by atoms with Crippen LogP contribution in [0, 0.1) is 0 Å². The Morgan fingerprint density at radius 3 is 2.61 bits per heavy atom. The largest absolute Gasteiger partial charge is 0.463 e. The lowest BCUT2D eigenvalue weighted by atomic mass is 10.1. The van der Waals surface area contributed by atoms with E-state index in [9.17, 15) is 27.6 Å². The van der Waals surface area contributed by atoms with E-state index in [0.717, 1.165) is 24.2 Å². The monoisotopic (exact) mass is 394 g/mol. The number of halogens is 3. The number of nitrogens with zero attached hydrogens (tertiary/aromatic N) is 1. The molecule has 1 N–H and O–H groups in total. The lowest BCUT2D eigenvalue weighted by Crippen LogP contribution is -2.30. The van der Waals surface area contributed by atoms with Gasteiger partial charge in [-0.05, 0) is 29.8 Å². The van der Waals surface area contributed by atoms with E-state index >= 15 is 0 Å². The molecule has 0 unspecified atom stereocenters. The number of carbonyl (C=O) groups is 3. The molecule has 0 saturated carbocycles. The molecule has 146 valence electrons. The van der Waals surface area contributed by atoms with E-state index in [4.69, 9.17) is 4.42 Å². The number of alkyl halides is 3. The first-order valence-electron chi connectivity index (χ1n) is 7.88. The van der Waals surface area contributed by atoms with Gasteiger partial charge in [0.15, 0.2) is 0 Å². The number of furan rings is 1. The number of urea groups is 1. The summed E-state index contributed by atoms with van der Waals surface area (Å²) in [6, 6.07) is 6.55. The first kappa shape index (κ1) is 19.2. The molecule has 1 aliphatic rings. The summed E-state index contributed by atoms with van der Waals surface area (Å²) in [5, 5.41) is 2.24. The fraction of sp³-hybridized carbons (Fsp3) is 0.167. The number of benzene rings is 1. The Hall–Kier alpha value is -3.56. The number of ether oxygens (including phenoxy) is 1. The highest BCUT2D eigenvalue weighted by atomic mass is 19.4. The Bertz CT molecular complexity index is 978. The van der Waals surface area contributed by atoms with Crippen LogP contribution < -0.4 is 5.32 Å². The number of esters is 1. The second-order valence-corrected chi connectivity index (χ2v) is 5.72. The Morgan fingerprint density at radius 1 is 1.21 bits per heavy atom. The van der Waals surface area contributed by atoms with Crippen molar-refractivity contribution in [3.8, 4) is 0 Å². The number of imide groups is 1. The number of rotatable bonds is 4. The summed E-state index contributed by atoms with van der Waals surface area (Å²) in [7, 11) is 1.16. The number of carbonyl (C=O) groups excluding carboxylic acids is 3. The first-order valence-corrected chi connectivity index (χ1v) is 7.88. The summed E-state index contributed by atoms with van der Waals surface area (Å²) in [5.74, 6) is -1.54. The van der Waals surface area contributed by atoms with Crippen LogP contribution >= 0.6 is 0 Å². The molecule has 0 spiro atoms. The van der Waals surface area contributed by atoms with E-state index in [1.54, 1.807) is 0 Å². The van der Waals surface area contributed by atoms with Crippen LogP contribution in [-0.4, -0.2) is 29.9 Å². The molecule has 0 bridgehead atoms. The first-order chi connectivity index (χ1) is 13.2. The lowest BCUT2D eigenvalue weighted by molar-refractivity contribution is -0.137. The van der Waals surface area contributed by atoms with Gasteiger partial charge in [-0.3, -0.25) is 9.69 Å². The maximum atomic E-state index is 13.1. The third-order valence-corrected chi connectivity index (χ3v) is 3.89. The van der Waals surface area contributed by atoms with E-state index in [-0.39, 0.29) is 29.3 Å². The number of amides is 3. The van der Waals surface area contributed by atoms with Crippen LogP contribution in [0.15, 0.2) is 46.5 Å². The van der Waals surface area contributed by atoms with Gasteiger partial charge < -0.3 is 14.5 Å². The lowest BCUT2D eigenvalue weighted by Gasteiger charge is -2.10. The van der Waals surface area contributed by atoms with Crippen molar-refractivity contribution in [2.75, 3.05) is 7.11 Å². The van der Waals surface area contributed by atoms with E-state index in [1.807, 2.05) is 0 Å². The molecule has 3 amide bonds. The molecule has 1 aliphatic heterocycles. The highest BCUT2D eigenvalue weighted by molar-refractivity contribution is 6.13. The Labute approximate surface area is 156 Å². The van der Waals surface area contributed by atoms with Crippen molar-refractivity contribution in [1.29, 1.82) is 0 Å². The molecule has 1 aromatic carbocycles. The van der Waals surface area contributed by atoms with Crippen molar-refractivity contribution >= 4 is 24.0 Å². The van der Waals surface area contributed by atoms with Gasteiger partial charge in [-0.2, -0.15) is 13.2 Å². The summed E-state index contributed by atoms with van der Waals surface area (Å²) < 4.78 is 49.0. The number of nitrogens with one attached hydrogen (secondary N) is 1. The van der Waals surface area contributed by atoms with Gasteiger partial charge >= 0.3 is 18.2 Å². The third kappa shape index (κ3) is 3.75. The molecule has 7 nitrogen and oxygen atoms in total. The van der Waals surface area contributed by atoms with E-state index < -0.39 is 29.6 Å². The van der Waals surface area contributed by atoms with Crippen molar-refractivity contribution in [1.82, 2.24) is 10.2 Å². The average molecular weight is 394 g/mol. The van der Waals surface area contributed by atoms with Crippen LogP contribution in [0.1, 0.15) is 27.4 Å². The summed E-state index contributed by atoms with van der Waals surface area (Å²) >= 11 is 0. The van der Waals surface area contributed by atoms with Crippen LogP contribution in [0.2, 0.25) is 0 Å². The molecule has 28 heavy (non-hydrogen) atoms. The second kappa shape index (κ2) is 7.22. The summed E-state index contributed by atoms with van der Waals surface area (Å²) in [5.41, 5.74) is -1.50. The molecule has 2 aromatic rings. The maximum Gasteiger partial charge on any atom is 0.416 e. The minimum Gasteiger partial charge on any atom is -0.463 e. The summed E-state index contributed by atoms with van der Waals surface area (Å²) in [6.07, 6.45) is -3.65. The molecule has 0 atom stereocenters. The van der Waals surface area contributed by atoms with Crippen LogP contribution in [0.25, 0.3) is 6.08 Å². The van der Waals surface area contributed by atoms with E-state index in [2.05, 4.69) is 10.1 Å². The van der Waals surface area contributed by atoms with Crippen molar-refractivity contribution in [3.63, 3.8) is 0 Å². The molecule has 0 radical (unpaired) electrons. The molecular weight excluding hydrogens is 381 g/mol. The summed E-state index contributed by atoms with van der Waals surface area (Å²) in [4.78, 5) is 36.6. The Balaban J connectivity index is 1.84. The van der Waals surface area contributed by atoms with Crippen LogP contribution in [0.3, 0.4) is 0 Å². The number of hydrogen-bond acceptors (Lipinski definition) is 5. The standard InChI is InChI=1S/C18H13F3N2O5/c1-27-16(25)14-7-6-11(28-14)9-23-15(24)13(22-17(23)26)8-10-4-2-3-5-12(10)18(19,20)21/h2-8H,9H2,1H3,(H,22,26)/b13-8-. The quantitative estimate of drug-likeness (QED) is 0.489. The SMILES string of the molecule is COC(=O)c1ccc(CN2C(=O)N/C(=C\c3ccccc3C(F)(F)F)C2=O)o1. The zero-order chi connectivity index (χ0) is 20.5. The van der Waals surface area contributed by atoms with Crippen LogP contribution in [0.4, 0.5) is 18.0 Å². The molecule has 1 fully saturated rings. The van der Waals surface area contributed by atoms with Crippen LogP contribution in [0.5, 0.6) is 0 Å². The number of hydrogen-bond donors (Lipinski definition) is 1. The molecule has 1 saturated heterocycles. The van der Waals surface area contributed by atoms with Crippen molar-refractivity contribution < 1.29 is 36.7 Å². The fourth-order valence-corrected chi connectivity index (χ4v) is 2.58. The van der Waals surface area contributed by atoms with Crippen LogP contribution in [-0.2, 0) is 22.3 Å². The summed E-state index contributed by atoms with van der Waals surface area (Å²) in [6.45, 7) is -0.306. The molecule has 1 aromatic heterocycles. The predicted octanol–water partition coefficient (Wildman–Crippen LogP) is 3.18. The van der Waals surface area contributed by atoms with Gasteiger partial charge in [0.25, 0.3) is 5.91 Å². The van der Waals surface area contributed by atoms with E-state index in [1.165, 1.54) is 30.3 Å². The fourth-order valence-electron chi connectivity index (χ4n) is 2.58. The highest BCUT2D eigenvalue weighted by Gasteiger charge is 2.36. The maximum absolute atomic E-state index is 13.1. The van der Waals surface area contributed by atoms with Crippen molar-refractivity contribution in [2.24, 2.45) is 0 Å². The van der Waals surface area contributed by atoms with Gasteiger partial charge in [0, 0.05) is 0 Å². The van der Waals surface area contributed by atoms with Gasteiger partial charge in [-0.25, -0.2) is 9.59 Å². The highest BCUT2D eigenvalue weighted by Crippen LogP contribution is 2.33. The average Bonchev–Trinajstić information content (AvgIpc) is 3.21. The van der Waals surface area contributed by atoms with Gasteiger partial charge in [-0.1, -0.05) is 18.2 Å². The van der Waals surface area contributed by atoms with Gasteiger partial charge in [0.2, 0.25) is 5.76 Å². The van der Waals surface area contributed by atoms with Gasteiger partial charge in [0.1, 0.15) is 11.5 Å². The zero-order valence-corrected chi connectivity index (χ0v) is 14.4. The predicted molar refractivity (Wildman–Crippen MR) is 88.6 cm³/mol. The Morgan fingerprint density at radius 2 is 1.93 bits per heavy atom. The topological polar surface area (TPSA) is 88.9 Å². The molecular formula is C18H13F3N2O5. The van der Waals surface area contributed by atoms with Crippen molar-refractivity contribution in [3.05, 3.63) is 64.7 Å². The molecule has 3 rings (SSSR count). The van der Waals surface area contributed by atoms with Gasteiger partial charge in [-0.15, -0.1) is 0 Å². The zero-order valence-electron chi connectivity index (χ0n) is 14.4. The minimum absolute atomic E-state index is 0.112.